The largest absolute Gasteiger partial charge is 0.468 e. The molecule has 86 heavy (non-hydrogen) atoms. The van der Waals surface area contributed by atoms with Gasteiger partial charge in [0.2, 0.25) is 23.7 Å². The molecule has 0 atom stereocenters. The predicted molar refractivity (Wildman–Crippen MR) is 324 cm³/mol. The van der Waals surface area contributed by atoms with Crippen LogP contribution in [-0.2, 0) is 51.2 Å². The van der Waals surface area contributed by atoms with Crippen LogP contribution >= 0.6 is 11.6 Å². The van der Waals surface area contributed by atoms with E-state index in [0.717, 1.165) is 75.5 Å². The summed E-state index contributed by atoms with van der Waals surface area (Å²) in [5, 5.41) is 27.8. The Morgan fingerprint density at radius 2 is 1.43 bits per heavy atom. The highest BCUT2D eigenvalue weighted by Crippen LogP contribution is 2.36. The fourth-order valence-electron chi connectivity index (χ4n) is 10.4. The number of rotatable bonds is 29. The third kappa shape index (κ3) is 17.0. The molecule has 5 heterocycles. The molecule has 7 aromatic rings. The van der Waals surface area contributed by atoms with Crippen LogP contribution < -0.4 is 36.8 Å². The monoisotopic (exact) mass is 1200 g/mol. The van der Waals surface area contributed by atoms with Crippen molar-refractivity contribution in [3.63, 3.8) is 0 Å². The number of nitrogens with one attached hydrogen (secondary N) is 6. The van der Waals surface area contributed by atoms with Gasteiger partial charge >= 0.3 is 5.97 Å². The van der Waals surface area contributed by atoms with Crippen LogP contribution in [0.2, 0.25) is 5.02 Å². The summed E-state index contributed by atoms with van der Waals surface area (Å²) in [5.41, 5.74) is 6.03. The van der Waals surface area contributed by atoms with Crippen molar-refractivity contribution < 1.29 is 47.3 Å². The Balaban J connectivity index is 0.601. The van der Waals surface area contributed by atoms with Gasteiger partial charge in [0.05, 0.1) is 100 Å². The number of carbonyl (C=O) groups excluding carboxylic acids is 5. The van der Waals surface area contributed by atoms with Gasteiger partial charge in [0.25, 0.3) is 5.91 Å². The molecule has 9 rings (SSSR count). The number of halogens is 2. The Kier molecular flexibility index (Phi) is 22.2. The molecule has 0 aliphatic carbocycles. The maximum atomic E-state index is 15.9. The molecule has 0 bridgehead atoms. The number of carbonyl (C=O) groups is 5. The molecule has 2 aliphatic heterocycles. The maximum absolute atomic E-state index is 15.9. The molecule has 2 aliphatic rings. The number of piperidine rings is 1. The van der Waals surface area contributed by atoms with E-state index in [2.05, 4.69) is 83.6 Å². The number of hydrogen-bond donors (Lipinski definition) is 6. The van der Waals surface area contributed by atoms with E-state index < -0.39 is 23.6 Å². The van der Waals surface area contributed by atoms with E-state index in [0.29, 0.717) is 126 Å². The first-order chi connectivity index (χ1) is 41.8. The summed E-state index contributed by atoms with van der Waals surface area (Å²) >= 11 is 6.42. The lowest BCUT2D eigenvalue weighted by atomic mass is 9.96. The number of methoxy groups -OCH3 is 1. The number of anilines is 5. The molecule has 0 unspecified atom stereocenters. The zero-order chi connectivity index (χ0) is 60.4. The van der Waals surface area contributed by atoms with Crippen molar-refractivity contribution in [2.75, 3.05) is 141 Å². The molecule has 0 saturated carbocycles. The zero-order valence-corrected chi connectivity index (χ0v) is 49.3. The Hall–Kier alpha value is -8.33. The van der Waals surface area contributed by atoms with E-state index >= 15 is 4.39 Å². The summed E-state index contributed by atoms with van der Waals surface area (Å²) < 4.78 is 41.1. The minimum absolute atomic E-state index is 0.0488. The molecular weight excluding hydrogens is 1130 g/mol. The van der Waals surface area contributed by atoms with E-state index in [9.17, 15) is 24.0 Å². The van der Waals surface area contributed by atoms with Crippen molar-refractivity contribution in [2.45, 2.75) is 32.9 Å². The van der Waals surface area contributed by atoms with Crippen LogP contribution in [0.3, 0.4) is 0 Å². The van der Waals surface area contributed by atoms with Gasteiger partial charge in [-0.2, -0.15) is 15.2 Å². The molecule has 456 valence electrons. The van der Waals surface area contributed by atoms with Gasteiger partial charge in [0, 0.05) is 80.6 Å². The van der Waals surface area contributed by atoms with Gasteiger partial charge in [0.15, 0.2) is 5.82 Å². The van der Waals surface area contributed by atoms with E-state index in [1.807, 2.05) is 41.1 Å². The first-order valence-corrected chi connectivity index (χ1v) is 29.1. The number of para-hydroxylation sites is 1. The average molecular weight is 1200 g/mol. The summed E-state index contributed by atoms with van der Waals surface area (Å²) in [6.07, 6.45) is 4.95. The number of likely N-dealkylation sites (tertiary alicyclic amines) is 1. The molecule has 0 spiro atoms. The number of fused-ring (bicyclic) bond motifs is 2. The van der Waals surface area contributed by atoms with Crippen LogP contribution in [0.25, 0.3) is 32.9 Å². The molecule has 4 amide bonds. The van der Waals surface area contributed by atoms with Crippen LogP contribution in [0, 0.1) is 18.7 Å². The standard InChI is InChI=1S/C60H73ClFN15O9/c1-40-57-45(8-6-10-51(57)77(72-40)39-55(80)65-35-53(78)66-36-56(81)83-3)47-32-52-42(31-49(47)62)33-68-76(52)37-41-15-18-74(19-16-41)38-54(79)64-17-25-84-27-29-86-30-28-85-26-24-73-20-22-75(23-21-73)44-13-11-43(12-14-44)69-60-67-34-48(61)58(71-60)70-50-9-5-4-7-46(50)59(82)63-2/h4-14,31-34,41H,15-30,35-39H2,1-3H3,(H,63,82)(H,64,79)(H,65,80)(H,66,78)(H2,67,69,70,71). The Morgan fingerprint density at radius 3 is 2.19 bits per heavy atom. The zero-order valence-electron chi connectivity index (χ0n) is 48.5. The smallest absolute Gasteiger partial charge is 0.325 e. The van der Waals surface area contributed by atoms with Crippen LogP contribution in [0.1, 0.15) is 28.9 Å². The summed E-state index contributed by atoms with van der Waals surface area (Å²) in [6.45, 7) is 11.2. The number of amides is 4. The minimum Gasteiger partial charge on any atom is -0.468 e. The molecule has 4 aromatic carbocycles. The summed E-state index contributed by atoms with van der Waals surface area (Å²) in [5.74, 6) is -1.26. The SMILES string of the molecule is CNC(=O)c1ccccc1Nc1nc(Nc2ccc(N3CCN(CCOCCOCCOCCNC(=O)CN4CCC(Cn5ncc6cc(F)c(-c7cccc8c7c(C)nn8CC(=O)NCC(=O)NCC(=O)OC)cc65)CC4)CC3)cc2)ncc1Cl. The van der Waals surface area contributed by atoms with E-state index in [4.69, 9.17) is 25.8 Å². The normalized spacial score (nSPS) is 14.1. The van der Waals surface area contributed by atoms with Gasteiger partial charge in [-0.25, -0.2) is 9.37 Å². The number of aromatic nitrogens is 6. The maximum Gasteiger partial charge on any atom is 0.325 e. The number of aryl methyl sites for hydroxylation is 1. The van der Waals surface area contributed by atoms with Crippen molar-refractivity contribution >= 4 is 91.8 Å². The van der Waals surface area contributed by atoms with E-state index in [1.54, 1.807) is 44.4 Å². The predicted octanol–water partition coefficient (Wildman–Crippen LogP) is 4.90. The number of ether oxygens (including phenoxy) is 4. The lowest BCUT2D eigenvalue weighted by Crippen LogP contribution is -2.47. The fraction of sp³-hybridized carbons (Fsp3) is 0.417. The Labute approximate surface area is 502 Å². The van der Waals surface area contributed by atoms with Crippen molar-refractivity contribution in [2.24, 2.45) is 5.92 Å². The second-order valence-electron chi connectivity index (χ2n) is 20.8. The van der Waals surface area contributed by atoms with Gasteiger partial charge in [0.1, 0.15) is 23.9 Å². The highest BCUT2D eigenvalue weighted by molar-refractivity contribution is 6.33. The first kappa shape index (κ1) is 62.2. The summed E-state index contributed by atoms with van der Waals surface area (Å²) in [6, 6.07) is 24.0. The van der Waals surface area contributed by atoms with E-state index in [-0.39, 0.29) is 31.4 Å². The fourth-order valence-corrected chi connectivity index (χ4v) is 10.5. The molecule has 0 radical (unpaired) electrons. The highest BCUT2D eigenvalue weighted by Gasteiger charge is 2.25. The van der Waals surface area contributed by atoms with Gasteiger partial charge in [-0.1, -0.05) is 35.9 Å². The lowest BCUT2D eigenvalue weighted by molar-refractivity contribution is -0.141. The molecular formula is C60H73ClFN15O9. The summed E-state index contributed by atoms with van der Waals surface area (Å²) in [4.78, 5) is 77.2. The van der Waals surface area contributed by atoms with Crippen molar-refractivity contribution in [1.29, 1.82) is 0 Å². The number of nitrogens with zero attached hydrogens (tertiary/aromatic N) is 9. The van der Waals surface area contributed by atoms with Gasteiger partial charge < -0.3 is 55.7 Å². The van der Waals surface area contributed by atoms with Crippen LogP contribution in [-0.4, -0.2) is 195 Å². The third-order valence-corrected chi connectivity index (χ3v) is 15.3. The van der Waals surface area contributed by atoms with Crippen molar-refractivity contribution in [3.05, 3.63) is 113 Å². The molecule has 26 heteroatoms. The second kappa shape index (κ2) is 30.7. The quantitative estimate of drug-likeness (QED) is 0.0269. The van der Waals surface area contributed by atoms with Crippen LogP contribution in [0.5, 0.6) is 0 Å². The van der Waals surface area contributed by atoms with Crippen LogP contribution in [0.15, 0.2) is 91.3 Å². The van der Waals surface area contributed by atoms with Gasteiger partial charge in [-0.15, -0.1) is 0 Å². The minimum atomic E-state index is -0.608. The number of piperazine rings is 1. The van der Waals surface area contributed by atoms with Gasteiger partial charge in [-0.3, -0.25) is 43.1 Å². The first-order valence-electron chi connectivity index (χ1n) is 28.7. The number of hydrogen-bond acceptors (Lipinski definition) is 18. The number of benzene rings is 4. The topological polar surface area (TPSA) is 266 Å². The highest BCUT2D eigenvalue weighted by atomic mass is 35.5. The van der Waals surface area contributed by atoms with Crippen LogP contribution in [0.4, 0.5) is 33.2 Å². The lowest BCUT2D eigenvalue weighted by Gasteiger charge is -2.36. The average Bonchev–Trinajstić information content (AvgIpc) is 1.94. The third-order valence-electron chi connectivity index (χ3n) is 15.0. The molecule has 24 nitrogen and oxygen atoms in total. The molecule has 3 aromatic heterocycles. The second-order valence-corrected chi connectivity index (χ2v) is 21.2. The Bertz CT molecular complexity index is 3460. The molecule has 2 fully saturated rings. The molecule has 6 N–H and O–H groups in total. The van der Waals surface area contributed by atoms with Crippen molar-refractivity contribution in [1.82, 2.24) is 60.6 Å². The molecule has 2 saturated heterocycles. The number of esters is 1. The van der Waals surface area contributed by atoms with Gasteiger partial charge in [-0.05, 0) is 98.9 Å². The van der Waals surface area contributed by atoms with E-state index in [1.165, 1.54) is 24.1 Å². The summed E-state index contributed by atoms with van der Waals surface area (Å²) in [7, 11) is 2.79. The van der Waals surface area contributed by atoms with Crippen molar-refractivity contribution in [3.8, 4) is 11.1 Å². The Morgan fingerprint density at radius 1 is 0.709 bits per heavy atom.